The molecule has 170 valence electrons. The third-order valence-corrected chi connectivity index (χ3v) is 4.35. The predicted molar refractivity (Wildman–Crippen MR) is 121 cm³/mol. The molecule has 3 aromatic rings. The average Bonchev–Trinajstić information content (AvgIpc) is 2.85. The number of anilines is 1. The van der Waals surface area contributed by atoms with Gasteiger partial charge in [-0.25, -0.2) is 0 Å². The van der Waals surface area contributed by atoms with Crippen LogP contribution in [0.3, 0.4) is 0 Å². The van der Waals surface area contributed by atoms with Crippen molar-refractivity contribution in [1.29, 1.82) is 0 Å². The lowest BCUT2D eigenvalue weighted by atomic mass is 10.2. The number of aromatic nitrogens is 1. The second-order valence-electron chi connectivity index (χ2n) is 6.89. The summed E-state index contributed by atoms with van der Waals surface area (Å²) in [5.74, 6) is -0.830. The molecule has 0 saturated carbocycles. The molecule has 0 unspecified atom stereocenters. The molecule has 0 atom stereocenters. The van der Waals surface area contributed by atoms with Crippen LogP contribution in [0.15, 0.2) is 79.1 Å². The lowest BCUT2D eigenvalue weighted by molar-refractivity contribution is -0.129. The van der Waals surface area contributed by atoms with E-state index in [4.69, 9.17) is 9.47 Å². The molecule has 3 rings (SSSR count). The number of amides is 3. The van der Waals surface area contributed by atoms with Gasteiger partial charge in [0.05, 0.1) is 12.2 Å². The van der Waals surface area contributed by atoms with Gasteiger partial charge in [0.25, 0.3) is 11.8 Å². The molecule has 33 heavy (non-hydrogen) atoms. The third kappa shape index (κ3) is 8.42. The number of nitrogens with one attached hydrogen (secondary N) is 3. The number of nitrogens with zero attached hydrogens (tertiary/aromatic N) is 1. The number of ether oxygens (including phenoxy) is 2. The molecule has 0 saturated heterocycles. The highest BCUT2D eigenvalue weighted by Gasteiger charge is 2.09. The van der Waals surface area contributed by atoms with Crippen molar-refractivity contribution >= 4 is 23.4 Å². The van der Waals surface area contributed by atoms with Crippen LogP contribution in [0.25, 0.3) is 0 Å². The Morgan fingerprint density at radius 3 is 2.30 bits per heavy atom. The first-order valence-electron chi connectivity index (χ1n) is 10.2. The number of hydrogen-bond acceptors (Lipinski definition) is 6. The molecule has 3 N–H and O–H groups in total. The van der Waals surface area contributed by atoms with E-state index in [0.717, 1.165) is 6.42 Å². The molecule has 2 aromatic carbocycles. The smallest absolute Gasteiger partial charge is 0.271 e. The van der Waals surface area contributed by atoms with Crippen LogP contribution in [0, 0.1) is 0 Å². The van der Waals surface area contributed by atoms with E-state index in [0.29, 0.717) is 23.6 Å². The standard InChI is InChI=1S/C24H24N4O5/c29-22(16-32-17-23(30)27-28-24(31)19-7-4-13-25-15-19)26-20-8-10-21(11-9-20)33-14-12-18-5-2-1-3-6-18/h1-11,13,15H,12,14,16-17H2,(H,26,29)(H,27,30)(H,28,31). The normalized spacial score (nSPS) is 10.2. The fraction of sp³-hybridized carbons (Fsp3) is 0.167. The highest BCUT2D eigenvalue weighted by molar-refractivity contribution is 5.95. The van der Waals surface area contributed by atoms with Crippen LogP contribution in [0.4, 0.5) is 5.69 Å². The van der Waals surface area contributed by atoms with Crippen LogP contribution < -0.4 is 20.9 Å². The van der Waals surface area contributed by atoms with E-state index in [1.54, 1.807) is 36.4 Å². The molecule has 0 aliphatic rings. The van der Waals surface area contributed by atoms with Gasteiger partial charge in [-0.2, -0.15) is 0 Å². The summed E-state index contributed by atoms with van der Waals surface area (Å²) in [5, 5.41) is 2.67. The minimum Gasteiger partial charge on any atom is -0.493 e. The van der Waals surface area contributed by atoms with E-state index >= 15 is 0 Å². The Bertz CT molecular complexity index is 1040. The maximum Gasteiger partial charge on any atom is 0.271 e. The number of rotatable bonds is 10. The maximum absolute atomic E-state index is 12.0. The molecule has 3 amide bonds. The Kier molecular flexibility index (Phi) is 8.93. The summed E-state index contributed by atoms with van der Waals surface area (Å²) < 4.78 is 10.8. The molecule has 0 fully saturated rings. The Morgan fingerprint density at radius 2 is 1.58 bits per heavy atom. The molecule has 1 aromatic heterocycles. The van der Waals surface area contributed by atoms with E-state index in [2.05, 4.69) is 21.2 Å². The first-order chi connectivity index (χ1) is 16.1. The van der Waals surface area contributed by atoms with Crippen LogP contribution in [-0.4, -0.2) is 42.5 Å². The summed E-state index contributed by atoms with van der Waals surface area (Å²) in [7, 11) is 0. The lowest BCUT2D eigenvalue weighted by Gasteiger charge is -2.09. The van der Waals surface area contributed by atoms with Crippen LogP contribution >= 0.6 is 0 Å². The molecule has 0 aliphatic carbocycles. The largest absolute Gasteiger partial charge is 0.493 e. The topological polar surface area (TPSA) is 119 Å². The zero-order chi connectivity index (χ0) is 23.3. The summed E-state index contributed by atoms with van der Waals surface area (Å²) in [6, 6.07) is 20.2. The van der Waals surface area contributed by atoms with E-state index in [-0.39, 0.29) is 6.61 Å². The molecule has 9 nitrogen and oxygen atoms in total. The van der Waals surface area contributed by atoms with Crippen LogP contribution in [0.2, 0.25) is 0 Å². The first kappa shape index (κ1) is 23.4. The molecule has 0 bridgehead atoms. The number of benzene rings is 2. The van der Waals surface area contributed by atoms with Gasteiger partial charge < -0.3 is 14.8 Å². The summed E-state index contributed by atoms with van der Waals surface area (Å²) in [6.07, 6.45) is 3.70. The van der Waals surface area contributed by atoms with Crippen LogP contribution in [-0.2, 0) is 20.7 Å². The number of hydrogen-bond donors (Lipinski definition) is 3. The Morgan fingerprint density at radius 1 is 0.818 bits per heavy atom. The predicted octanol–water partition coefficient (Wildman–Crippen LogP) is 2.12. The molecular formula is C24H24N4O5. The summed E-state index contributed by atoms with van der Waals surface area (Å²) >= 11 is 0. The van der Waals surface area contributed by atoms with Crippen molar-refractivity contribution in [2.45, 2.75) is 6.42 Å². The Hall–Kier alpha value is -4.24. The van der Waals surface area contributed by atoms with Gasteiger partial charge in [-0.3, -0.25) is 30.2 Å². The van der Waals surface area contributed by atoms with Gasteiger partial charge in [-0.05, 0) is 42.0 Å². The number of hydrazine groups is 1. The molecule has 0 spiro atoms. The van der Waals surface area contributed by atoms with Gasteiger partial charge in [0, 0.05) is 24.5 Å². The molecule has 0 radical (unpaired) electrons. The summed E-state index contributed by atoms with van der Waals surface area (Å²) in [6.45, 7) is -0.164. The van der Waals surface area contributed by atoms with E-state index in [1.807, 2.05) is 30.3 Å². The number of pyridine rings is 1. The highest BCUT2D eigenvalue weighted by atomic mass is 16.5. The Labute approximate surface area is 191 Å². The van der Waals surface area contributed by atoms with E-state index in [1.165, 1.54) is 18.0 Å². The van der Waals surface area contributed by atoms with Crippen molar-refractivity contribution in [3.05, 3.63) is 90.3 Å². The van der Waals surface area contributed by atoms with Crippen molar-refractivity contribution in [2.24, 2.45) is 0 Å². The van der Waals surface area contributed by atoms with Gasteiger partial charge in [0.1, 0.15) is 19.0 Å². The van der Waals surface area contributed by atoms with Gasteiger partial charge in [0.15, 0.2) is 0 Å². The molecule has 9 heteroatoms. The zero-order valence-electron chi connectivity index (χ0n) is 17.8. The van der Waals surface area contributed by atoms with Gasteiger partial charge in [0.2, 0.25) is 5.91 Å². The minimum atomic E-state index is -0.600. The number of carbonyl (C=O) groups excluding carboxylic acids is 3. The van der Waals surface area contributed by atoms with Crippen molar-refractivity contribution in [3.63, 3.8) is 0 Å². The lowest BCUT2D eigenvalue weighted by Crippen LogP contribution is -2.43. The minimum absolute atomic E-state index is 0.297. The van der Waals surface area contributed by atoms with Crippen molar-refractivity contribution < 1.29 is 23.9 Å². The maximum atomic E-state index is 12.0. The number of carbonyl (C=O) groups is 3. The van der Waals surface area contributed by atoms with Crippen molar-refractivity contribution in [1.82, 2.24) is 15.8 Å². The molecular weight excluding hydrogens is 424 g/mol. The molecule has 1 heterocycles. The van der Waals surface area contributed by atoms with E-state index in [9.17, 15) is 14.4 Å². The van der Waals surface area contributed by atoms with Crippen molar-refractivity contribution in [3.8, 4) is 5.75 Å². The summed E-state index contributed by atoms with van der Waals surface area (Å²) in [5.41, 5.74) is 6.51. The third-order valence-electron chi connectivity index (χ3n) is 4.35. The average molecular weight is 448 g/mol. The van der Waals surface area contributed by atoms with E-state index < -0.39 is 24.3 Å². The SMILES string of the molecule is O=C(COCC(=O)Nc1ccc(OCCc2ccccc2)cc1)NNC(=O)c1cccnc1. The van der Waals surface area contributed by atoms with Crippen molar-refractivity contribution in [2.75, 3.05) is 25.1 Å². The Balaban J connectivity index is 1.30. The van der Waals surface area contributed by atoms with Crippen LogP contribution in [0.1, 0.15) is 15.9 Å². The highest BCUT2D eigenvalue weighted by Crippen LogP contribution is 2.16. The fourth-order valence-corrected chi connectivity index (χ4v) is 2.73. The molecule has 0 aliphatic heterocycles. The van der Waals surface area contributed by atoms with Gasteiger partial charge in [-0.15, -0.1) is 0 Å². The summed E-state index contributed by atoms with van der Waals surface area (Å²) in [4.78, 5) is 39.3. The quantitative estimate of drug-likeness (QED) is 0.409. The zero-order valence-corrected chi connectivity index (χ0v) is 17.8. The monoisotopic (exact) mass is 448 g/mol. The second-order valence-corrected chi connectivity index (χ2v) is 6.89. The second kappa shape index (κ2) is 12.6. The fourth-order valence-electron chi connectivity index (χ4n) is 2.73. The first-order valence-corrected chi connectivity index (χ1v) is 10.2. The van der Waals surface area contributed by atoms with Gasteiger partial charge >= 0.3 is 0 Å². The van der Waals surface area contributed by atoms with Crippen LogP contribution in [0.5, 0.6) is 5.75 Å². The van der Waals surface area contributed by atoms with Gasteiger partial charge in [-0.1, -0.05) is 30.3 Å².